The monoisotopic (exact) mass is 354 g/mol. The minimum atomic E-state index is 0.694. The zero-order valence-corrected chi connectivity index (χ0v) is 14.9. The van der Waals surface area contributed by atoms with E-state index in [9.17, 15) is 0 Å². The van der Waals surface area contributed by atoms with Crippen LogP contribution in [-0.2, 0) is 6.54 Å². The van der Waals surface area contributed by atoms with Gasteiger partial charge < -0.3 is 9.55 Å². The summed E-state index contributed by atoms with van der Waals surface area (Å²) in [5, 5.41) is 4.65. The fourth-order valence-electron chi connectivity index (χ4n) is 3.36. The van der Waals surface area contributed by atoms with Crippen LogP contribution in [-0.4, -0.2) is 29.3 Å². The van der Waals surface area contributed by atoms with Crippen LogP contribution in [0.1, 0.15) is 11.3 Å². The Morgan fingerprint density at radius 2 is 1.89 bits per heavy atom. The van der Waals surface area contributed by atoms with E-state index in [0.717, 1.165) is 34.1 Å². The number of aromatic nitrogens is 6. The highest BCUT2D eigenvalue weighted by molar-refractivity contribution is 5.78. The third kappa shape index (κ3) is 2.71. The summed E-state index contributed by atoms with van der Waals surface area (Å²) in [6, 6.07) is 18.3. The number of pyridine rings is 1. The van der Waals surface area contributed by atoms with Gasteiger partial charge in [0.25, 0.3) is 0 Å². The van der Waals surface area contributed by atoms with E-state index in [4.69, 9.17) is 4.98 Å². The Labute approximate surface area is 156 Å². The minimum Gasteiger partial charge on any atom is -0.334 e. The molecule has 4 heterocycles. The summed E-state index contributed by atoms with van der Waals surface area (Å²) >= 11 is 0. The molecule has 132 valence electrons. The molecule has 27 heavy (non-hydrogen) atoms. The normalized spacial score (nSPS) is 11.3. The van der Waals surface area contributed by atoms with Gasteiger partial charge in [0, 0.05) is 12.4 Å². The second kappa shape index (κ2) is 6.25. The van der Waals surface area contributed by atoms with Crippen molar-refractivity contribution in [3.63, 3.8) is 0 Å². The maximum atomic E-state index is 4.86. The van der Waals surface area contributed by atoms with Crippen LogP contribution >= 0.6 is 0 Å². The van der Waals surface area contributed by atoms with Crippen molar-refractivity contribution >= 4 is 11.2 Å². The smallest absolute Gasteiger partial charge is 0.177 e. The fraction of sp³-hybridized carbons (Fsp3) is 0.0952. The summed E-state index contributed by atoms with van der Waals surface area (Å²) in [5.41, 5.74) is 5.97. The number of nitrogens with zero attached hydrogens (tertiary/aromatic N) is 5. The van der Waals surface area contributed by atoms with Crippen molar-refractivity contribution in [2.45, 2.75) is 13.5 Å². The predicted octanol–water partition coefficient (Wildman–Crippen LogP) is 3.97. The van der Waals surface area contributed by atoms with Crippen LogP contribution in [0.4, 0.5) is 0 Å². The maximum Gasteiger partial charge on any atom is 0.177 e. The zero-order valence-electron chi connectivity index (χ0n) is 14.9. The third-order valence-corrected chi connectivity index (χ3v) is 4.65. The predicted molar refractivity (Wildman–Crippen MR) is 105 cm³/mol. The van der Waals surface area contributed by atoms with E-state index in [2.05, 4.69) is 37.8 Å². The summed E-state index contributed by atoms with van der Waals surface area (Å²) in [6.45, 7) is 2.70. The molecule has 0 saturated heterocycles. The second-order valence-electron chi connectivity index (χ2n) is 6.49. The van der Waals surface area contributed by atoms with Gasteiger partial charge in [0.2, 0.25) is 0 Å². The van der Waals surface area contributed by atoms with Gasteiger partial charge >= 0.3 is 0 Å². The van der Waals surface area contributed by atoms with Crippen LogP contribution in [0.2, 0.25) is 0 Å². The van der Waals surface area contributed by atoms with Crippen LogP contribution < -0.4 is 0 Å². The first-order valence-corrected chi connectivity index (χ1v) is 8.85. The number of imidazole rings is 1. The SMILES string of the molecule is Cc1nn(Cc2ccccc2)c2nc(-c3cccn3-c3cccnc3)[nH]c12. The number of nitrogens with one attached hydrogen (secondary N) is 1. The summed E-state index contributed by atoms with van der Waals surface area (Å²) in [4.78, 5) is 12.5. The molecule has 0 bridgehead atoms. The first kappa shape index (κ1) is 15.6. The molecule has 0 aliphatic heterocycles. The molecule has 1 aromatic carbocycles. The Morgan fingerprint density at radius 3 is 2.70 bits per heavy atom. The Morgan fingerprint density at radius 1 is 1.00 bits per heavy atom. The van der Waals surface area contributed by atoms with Crippen molar-refractivity contribution in [2.75, 3.05) is 0 Å². The van der Waals surface area contributed by atoms with Crippen LogP contribution in [0.5, 0.6) is 0 Å². The van der Waals surface area contributed by atoms with E-state index in [-0.39, 0.29) is 0 Å². The summed E-state index contributed by atoms with van der Waals surface area (Å²) in [7, 11) is 0. The molecule has 0 saturated carbocycles. The lowest BCUT2D eigenvalue weighted by Gasteiger charge is -2.06. The van der Waals surface area contributed by atoms with Gasteiger partial charge in [-0.05, 0) is 36.8 Å². The van der Waals surface area contributed by atoms with E-state index in [0.29, 0.717) is 6.54 Å². The maximum absolute atomic E-state index is 4.86. The molecule has 5 rings (SSSR count). The molecule has 0 unspecified atom stereocenters. The van der Waals surface area contributed by atoms with E-state index < -0.39 is 0 Å². The zero-order chi connectivity index (χ0) is 18.2. The largest absolute Gasteiger partial charge is 0.334 e. The molecule has 6 nitrogen and oxygen atoms in total. The third-order valence-electron chi connectivity index (χ3n) is 4.65. The van der Waals surface area contributed by atoms with Gasteiger partial charge in [0.1, 0.15) is 5.52 Å². The molecule has 0 atom stereocenters. The van der Waals surface area contributed by atoms with Crippen LogP contribution in [0.3, 0.4) is 0 Å². The highest BCUT2D eigenvalue weighted by Gasteiger charge is 2.16. The van der Waals surface area contributed by atoms with Gasteiger partial charge in [0.15, 0.2) is 11.5 Å². The van der Waals surface area contributed by atoms with Gasteiger partial charge in [-0.1, -0.05) is 30.3 Å². The minimum absolute atomic E-state index is 0.694. The van der Waals surface area contributed by atoms with Crippen molar-refractivity contribution in [1.29, 1.82) is 0 Å². The van der Waals surface area contributed by atoms with Gasteiger partial charge in [-0.3, -0.25) is 4.98 Å². The second-order valence-corrected chi connectivity index (χ2v) is 6.49. The number of aromatic amines is 1. The van der Waals surface area contributed by atoms with Crippen LogP contribution in [0.25, 0.3) is 28.4 Å². The topological polar surface area (TPSA) is 64.3 Å². The van der Waals surface area contributed by atoms with Crippen molar-refractivity contribution in [3.05, 3.63) is 84.4 Å². The Bertz CT molecular complexity index is 1200. The molecule has 0 aliphatic rings. The molecule has 1 N–H and O–H groups in total. The Balaban J connectivity index is 1.59. The number of fused-ring (bicyclic) bond motifs is 1. The van der Waals surface area contributed by atoms with Gasteiger partial charge in [-0.25, -0.2) is 9.67 Å². The van der Waals surface area contributed by atoms with E-state index in [1.54, 1.807) is 6.20 Å². The highest BCUT2D eigenvalue weighted by Crippen LogP contribution is 2.25. The lowest BCUT2D eigenvalue weighted by atomic mass is 10.2. The van der Waals surface area contributed by atoms with Gasteiger partial charge in [-0.15, -0.1) is 0 Å². The number of rotatable bonds is 4. The quantitative estimate of drug-likeness (QED) is 0.531. The standard InChI is InChI=1S/C21H18N6/c1-15-19-21(27(25-15)14-16-7-3-2-4-8-16)24-20(23-19)18-10-6-12-26(18)17-9-5-11-22-13-17/h2-13H,14H2,1H3,(H,23,24). The van der Waals surface area contributed by atoms with Gasteiger partial charge in [-0.2, -0.15) is 5.10 Å². The van der Waals surface area contributed by atoms with E-state index in [1.807, 2.05) is 60.4 Å². The molecular weight excluding hydrogens is 336 g/mol. The van der Waals surface area contributed by atoms with Crippen molar-refractivity contribution in [1.82, 2.24) is 29.3 Å². The van der Waals surface area contributed by atoms with Crippen molar-refractivity contribution in [2.24, 2.45) is 0 Å². The number of benzene rings is 1. The molecule has 4 aromatic heterocycles. The summed E-state index contributed by atoms with van der Waals surface area (Å²) < 4.78 is 4.03. The first-order valence-electron chi connectivity index (χ1n) is 8.85. The van der Waals surface area contributed by atoms with E-state index in [1.165, 1.54) is 5.56 Å². The van der Waals surface area contributed by atoms with E-state index >= 15 is 0 Å². The first-order chi connectivity index (χ1) is 13.3. The van der Waals surface area contributed by atoms with Crippen LogP contribution in [0.15, 0.2) is 73.2 Å². The molecule has 6 heteroatoms. The summed E-state index contributed by atoms with van der Waals surface area (Å²) in [5.74, 6) is 0.821. The number of H-pyrrole nitrogens is 1. The fourth-order valence-corrected chi connectivity index (χ4v) is 3.36. The Hall–Kier alpha value is -3.67. The summed E-state index contributed by atoms with van der Waals surface area (Å²) in [6.07, 6.45) is 5.63. The van der Waals surface area contributed by atoms with Gasteiger partial charge in [0.05, 0.1) is 29.8 Å². The van der Waals surface area contributed by atoms with Crippen LogP contribution in [0, 0.1) is 6.92 Å². The lowest BCUT2D eigenvalue weighted by molar-refractivity contribution is 0.696. The number of hydrogen-bond acceptors (Lipinski definition) is 3. The number of hydrogen-bond donors (Lipinski definition) is 1. The Kier molecular flexibility index (Phi) is 3.60. The molecule has 0 spiro atoms. The molecular formula is C21H18N6. The molecule has 5 aromatic rings. The number of aryl methyl sites for hydroxylation is 1. The molecule has 0 amide bonds. The average Bonchev–Trinajstić information content (AvgIpc) is 3.41. The van der Waals surface area contributed by atoms with Crippen molar-refractivity contribution in [3.8, 4) is 17.2 Å². The molecule has 0 fully saturated rings. The van der Waals surface area contributed by atoms with Crippen molar-refractivity contribution < 1.29 is 0 Å². The highest BCUT2D eigenvalue weighted by atomic mass is 15.3. The lowest BCUT2D eigenvalue weighted by Crippen LogP contribution is -2.02. The molecule has 0 radical (unpaired) electrons. The average molecular weight is 354 g/mol. The molecule has 0 aliphatic carbocycles.